The second-order valence-corrected chi connectivity index (χ2v) is 19.8. The molecule has 59 heavy (non-hydrogen) atoms. The number of likely N-dealkylation sites (tertiary alicyclic amines) is 1. The van der Waals surface area contributed by atoms with Gasteiger partial charge in [-0.25, -0.2) is 18.2 Å². The van der Waals surface area contributed by atoms with Gasteiger partial charge in [0.15, 0.2) is 0 Å². The lowest BCUT2D eigenvalue weighted by Gasteiger charge is -2.36. The Balaban J connectivity index is 1.34. The van der Waals surface area contributed by atoms with Crippen molar-refractivity contribution >= 4 is 44.7 Å². The van der Waals surface area contributed by atoms with E-state index in [-0.39, 0.29) is 26.0 Å². The molecule has 1 aromatic heterocycles. The standard InChI is InChI=1S/C43H55N5O10S/c1-10-27-23-43(27,38(51)47-59(53,54)42(18-19-42)25-55-8)46-36(49)33-21-29(24-48(33)37(50)35(40(2,3)4)45-39(52)58-41(5,6)7)57-34-22-31(26-14-12-11-13-15-26)44-32-20-28(56-9)16-17-30(32)34/h10-17,20,22,27,29,33,35H,1,18-19,21,23-25H2,2-9H3,(H,45,52)(H,46,49)(H,47,51). The highest BCUT2D eigenvalue weighted by atomic mass is 32.2. The Morgan fingerprint density at radius 2 is 1.71 bits per heavy atom. The van der Waals surface area contributed by atoms with Crippen LogP contribution in [0.15, 0.2) is 67.3 Å². The molecular formula is C43H55N5O10S. The highest BCUT2D eigenvalue weighted by molar-refractivity contribution is 7.91. The van der Waals surface area contributed by atoms with Crippen LogP contribution in [-0.4, -0.2) is 104 Å². The van der Waals surface area contributed by atoms with E-state index in [1.165, 1.54) is 18.1 Å². The molecule has 3 N–H and O–H groups in total. The van der Waals surface area contributed by atoms with Gasteiger partial charge < -0.3 is 34.5 Å². The maximum absolute atomic E-state index is 14.7. The highest BCUT2D eigenvalue weighted by Crippen LogP contribution is 2.47. The van der Waals surface area contributed by atoms with Gasteiger partial charge in [-0.1, -0.05) is 57.2 Å². The molecule has 1 aliphatic heterocycles. The molecule has 3 fully saturated rings. The molecule has 0 radical (unpaired) electrons. The summed E-state index contributed by atoms with van der Waals surface area (Å²) in [6.07, 6.45) is 0.676. The number of rotatable bonds is 14. The maximum atomic E-state index is 14.7. The Hall–Kier alpha value is -5.22. The minimum atomic E-state index is -4.17. The summed E-state index contributed by atoms with van der Waals surface area (Å²) in [5, 5.41) is 6.22. The number of hydrogen-bond donors (Lipinski definition) is 3. The van der Waals surface area contributed by atoms with E-state index in [1.807, 2.05) is 36.4 Å². The molecule has 5 atom stereocenters. The normalized spacial score (nSPS) is 22.8. The van der Waals surface area contributed by atoms with E-state index in [1.54, 1.807) is 66.9 Å². The smallest absolute Gasteiger partial charge is 0.408 e. The fraction of sp³-hybridized carbons (Fsp3) is 0.512. The van der Waals surface area contributed by atoms with Crippen molar-refractivity contribution < 1.29 is 46.5 Å². The van der Waals surface area contributed by atoms with E-state index in [4.69, 9.17) is 23.9 Å². The van der Waals surface area contributed by atoms with Crippen LogP contribution in [0, 0.1) is 11.3 Å². The Morgan fingerprint density at radius 3 is 2.29 bits per heavy atom. The highest BCUT2D eigenvalue weighted by Gasteiger charge is 2.64. The molecule has 4 amide bonds. The molecule has 2 heterocycles. The number of pyridine rings is 1. The summed E-state index contributed by atoms with van der Waals surface area (Å²) < 4.78 is 50.6. The number of ether oxygens (including phenoxy) is 4. The van der Waals surface area contributed by atoms with Crippen LogP contribution in [0.4, 0.5) is 4.79 Å². The second-order valence-electron chi connectivity index (χ2n) is 17.7. The Kier molecular flexibility index (Phi) is 11.8. The van der Waals surface area contributed by atoms with Crippen LogP contribution in [0.25, 0.3) is 22.2 Å². The number of nitrogens with zero attached hydrogens (tertiary/aromatic N) is 2. The quantitative estimate of drug-likeness (QED) is 0.188. The molecule has 2 aliphatic carbocycles. The van der Waals surface area contributed by atoms with Crippen molar-refractivity contribution in [2.24, 2.45) is 11.3 Å². The van der Waals surface area contributed by atoms with Crippen LogP contribution in [0.5, 0.6) is 11.5 Å². The number of methoxy groups -OCH3 is 2. The number of carbonyl (C=O) groups is 4. The van der Waals surface area contributed by atoms with Crippen LogP contribution in [0.3, 0.4) is 0 Å². The van der Waals surface area contributed by atoms with Crippen molar-refractivity contribution in [3.8, 4) is 22.8 Å². The molecule has 2 saturated carbocycles. The first-order valence-corrected chi connectivity index (χ1v) is 21.2. The summed E-state index contributed by atoms with van der Waals surface area (Å²) in [5.41, 5.74) is -1.27. The van der Waals surface area contributed by atoms with Crippen molar-refractivity contribution in [2.45, 2.75) is 101 Å². The predicted octanol–water partition coefficient (Wildman–Crippen LogP) is 4.88. The zero-order chi connectivity index (χ0) is 43.1. The zero-order valence-corrected chi connectivity index (χ0v) is 35.7. The van der Waals surface area contributed by atoms with E-state index >= 15 is 0 Å². The van der Waals surface area contributed by atoms with Gasteiger partial charge in [0, 0.05) is 42.5 Å². The minimum absolute atomic E-state index is 0.00673. The molecule has 15 nitrogen and oxygen atoms in total. The molecule has 318 valence electrons. The number of aromatic nitrogens is 1. The van der Waals surface area contributed by atoms with E-state index in [0.29, 0.717) is 40.9 Å². The first-order valence-electron chi connectivity index (χ1n) is 19.7. The molecule has 6 rings (SSSR count). The number of alkyl carbamates (subject to hydrolysis) is 1. The van der Waals surface area contributed by atoms with Crippen molar-refractivity contribution in [1.29, 1.82) is 0 Å². The van der Waals surface area contributed by atoms with Crippen LogP contribution < -0.4 is 24.8 Å². The lowest BCUT2D eigenvalue weighted by molar-refractivity contribution is -0.143. The van der Waals surface area contributed by atoms with Gasteiger partial charge in [0.05, 0.1) is 31.5 Å². The summed E-state index contributed by atoms with van der Waals surface area (Å²) in [7, 11) is -1.21. The van der Waals surface area contributed by atoms with E-state index in [0.717, 1.165) is 5.56 Å². The molecule has 1 saturated heterocycles. The number of fused-ring (bicyclic) bond motifs is 1. The van der Waals surface area contributed by atoms with Crippen LogP contribution in [0.2, 0.25) is 0 Å². The molecule has 3 aliphatic rings. The van der Waals surface area contributed by atoms with Gasteiger partial charge in [0.2, 0.25) is 21.8 Å². The first kappa shape index (κ1) is 43.4. The molecule has 2 aromatic carbocycles. The largest absolute Gasteiger partial charge is 0.497 e. The van der Waals surface area contributed by atoms with Crippen molar-refractivity contribution in [3.63, 3.8) is 0 Å². The summed E-state index contributed by atoms with van der Waals surface area (Å²) in [5.74, 6) is -1.70. The summed E-state index contributed by atoms with van der Waals surface area (Å²) in [6, 6.07) is 14.4. The Morgan fingerprint density at radius 1 is 1.02 bits per heavy atom. The summed E-state index contributed by atoms with van der Waals surface area (Å²) >= 11 is 0. The third kappa shape index (κ3) is 9.18. The van der Waals surface area contributed by atoms with Gasteiger partial charge in [-0.15, -0.1) is 6.58 Å². The molecule has 3 aromatic rings. The zero-order valence-electron chi connectivity index (χ0n) is 34.9. The monoisotopic (exact) mass is 833 g/mol. The third-order valence-corrected chi connectivity index (χ3v) is 13.1. The van der Waals surface area contributed by atoms with Gasteiger partial charge in [0.25, 0.3) is 5.91 Å². The van der Waals surface area contributed by atoms with Gasteiger partial charge in [0.1, 0.15) is 45.6 Å². The average Bonchev–Trinajstić information content (AvgIpc) is 4.07. The number of nitrogens with one attached hydrogen (secondary N) is 3. The van der Waals surface area contributed by atoms with Gasteiger partial charge in [-0.2, -0.15) is 0 Å². The van der Waals surface area contributed by atoms with Gasteiger partial charge >= 0.3 is 6.09 Å². The van der Waals surface area contributed by atoms with Crippen molar-refractivity contribution in [1.82, 2.24) is 25.2 Å². The molecule has 0 spiro atoms. The minimum Gasteiger partial charge on any atom is -0.497 e. The molecule has 5 unspecified atom stereocenters. The number of hydrogen-bond acceptors (Lipinski definition) is 11. The molecule has 16 heteroatoms. The molecule has 0 bridgehead atoms. The Bertz CT molecular complexity index is 2230. The topological polar surface area (TPSA) is 192 Å². The number of amides is 4. The van der Waals surface area contributed by atoms with Crippen LogP contribution in [-0.2, 0) is 33.9 Å². The van der Waals surface area contributed by atoms with E-state index in [9.17, 15) is 27.6 Å². The van der Waals surface area contributed by atoms with Gasteiger partial charge in [-0.3, -0.25) is 19.1 Å². The van der Waals surface area contributed by atoms with Crippen molar-refractivity contribution in [3.05, 3.63) is 67.3 Å². The number of benzene rings is 2. The number of sulfonamides is 1. The predicted molar refractivity (Wildman–Crippen MR) is 221 cm³/mol. The summed E-state index contributed by atoms with van der Waals surface area (Å²) in [6.45, 7) is 14.1. The van der Waals surface area contributed by atoms with E-state index in [2.05, 4.69) is 21.9 Å². The average molecular weight is 834 g/mol. The number of carbonyl (C=O) groups excluding carboxylic acids is 4. The summed E-state index contributed by atoms with van der Waals surface area (Å²) in [4.78, 5) is 62.5. The third-order valence-electron chi connectivity index (χ3n) is 11.0. The SMILES string of the molecule is C=CC1CC1(NC(=O)C1CC(Oc2cc(-c3ccccc3)nc3cc(OC)ccc23)CN1C(=O)C(NC(=O)OC(C)(C)C)C(C)(C)C)C(=O)NS(=O)(=O)C1(COC)CC1. The lowest BCUT2D eigenvalue weighted by Crippen LogP contribution is -2.60. The first-order chi connectivity index (χ1) is 27.7. The maximum Gasteiger partial charge on any atom is 0.408 e. The fourth-order valence-corrected chi connectivity index (χ4v) is 9.06. The van der Waals surface area contributed by atoms with Crippen LogP contribution in [0.1, 0.15) is 67.2 Å². The van der Waals surface area contributed by atoms with E-state index < -0.39 is 79.2 Å². The second kappa shape index (κ2) is 16.1. The van der Waals surface area contributed by atoms with Gasteiger partial charge in [-0.05, 0) is 57.6 Å². The lowest BCUT2D eigenvalue weighted by atomic mass is 9.85. The van der Waals surface area contributed by atoms with Crippen LogP contribution >= 0.6 is 0 Å². The molecular weight excluding hydrogens is 779 g/mol. The Labute approximate surface area is 345 Å². The fourth-order valence-electron chi connectivity index (χ4n) is 7.50. The van der Waals surface area contributed by atoms with Crippen molar-refractivity contribution in [2.75, 3.05) is 27.4 Å².